The molecule has 0 spiro atoms. The first-order valence-corrected chi connectivity index (χ1v) is 11.9. The van der Waals surface area contributed by atoms with Crippen LogP contribution in [0.1, 0.15) is 11.1 Å². The Labute approximate surface area is 207 Å². The van der Waals surface area contributed by atoms with Crippen molar-refractivity contribution in [2.45, 2.75) is 6.61 Å². The molecule has 1 aliphatic heterocycles. The van der Waals surface area contributed by atoms with Gasteiger partial charge >= 0.3 is 0 Å². The lowest BCUT2D eigenvalue weighted by Gasteiger charge is -2.08. The highest BCUT2D eigenvalue weighted by Gasteiger charge is 2.29. The maximum absolute atomic E-state index is 12.6. The van der Waals surface area contributed by atoms with Gasteiger partial charge in [0.25, 0.3) is 5.91 Å². The van der Waals surface area contributed by atoms with Crippen molar-refractivity contribution in [1.29, 1.82) is 0 Å². The fraction of sp³-hybridized carbons (Fsp3) is 0.0741. The summed E-state index contributed by atoms with van der Waals surface area (Å²) in [4.78, 5) is 14.7. The summed E-state index contributed by atoms with van der Waals surface area (Å²) in [6.45, 7) is 0.481. The second-order valence-electron chi connectivity index (χ2n) is 7.76. The molecular weight excluding hydrogens is 462 g/mol. The van der Waals surface area contributed by atoms with Crippen LogP contribution in [0.4, 0.5) is 0 Å². The van der Waals surface area contributed by atoms with Gasteiger partial charge in [-0.25, -0.2) is 4.68 Å². The number of thioether (sulfide) groups is 1. The van der Waals surface area contributed by atoms with Crippen molar-refractivity contribution in [2.75, 3.05) is 7.05 Å². The topological polar surface area (TPSA) is 47.4 Å². The predicted octanol–water partition coefficient (Wildman–Crippen LogP) is 5.95. The average Bonchev–Trinajstić information content (AvgIpc) is 3.41. The largest absolute Gasteiger partial charge is 0.489 e. The third-order valence-electron chi connectivity index (χ3n) is 5.39. The van der Waals surface area contributed by atoms with Gasteiger partial charge in [-0.2, -0.15) is 5.10 Å². The molecule has 5 rings (SSSR count). The third-order valence-corrected chi connectivity index (χ3v) is 6.88. The number of aromatic nitrogens is 2. The minimum Gasteiger partial charge on any atom is -0.489 e. The number of carbonyl (C=O) groups is 1. The van der Waals surface area contributed by atoms with E-state index in [1.165, 1.54) is 16.7 Å². The van der Waals surface area contributed by atoms with Crippen LogP contribution in [0, 0.1) is 0 Å². The SMILES string of the molecule is CN1C(=O)C(=Cc2cn(-c3ccccc3)nc2-c2cccc(OCc3ccccc3)c2)SC1=S. The molecule has 1 amide bonds. The number of para-hydroxylation sites is 1. The van der Waals surface area contributed by atoms with Gasteiger partial charge in [-0.1, -0.05) is 84.6 Å². The smallest absolute Gasteiger partial charge is 0.265 e. The van der Waals surface area contributed by atoms with E-state index >= 15 is 0 Å². The first kappa shape index (κ1) is 22.1. The van der Waals surface area contributed by atoms with E-state index in [1.54, 1.807) is 7.05 Å². The van der Waals surface area contributed by atoms with Crippen LogP contribution in [0.15, 0.2) is 96.0 Å². The number of nitrogens with zero attached hydrogens (tertiary/aromatic N) is 3. The molecule has 5 nitrogen and oxygen atoms in total. The zero-order valence-corrected chi connectivity index (χ0v) is 20.1. The van der Waals surface area contributed by atoms with Crippen molar-refractivity contribution >= 4 is 40.3 Å². The number of ether oxygens (including phenoxy) is 1. The number of thiocarbonyl (C=S) groups is 1. The minimum atomic E-state index is -0.103. The molecule has 1 aliphatic rings. The molecule has 168 valence electrons. The zero-order valence-electron chi connectivity index (χ0n) is 18.4. The van der Waals surface area contributed by atoms with Crippen molar-refractivity contribution in [3.05, 3.63) is 107 Å². The van der Waals surface area contributed by atoms with E-state index < -0.39 is 0 Å². The lowest BCUT2D eigenvalue weighted by molar-refractivity contribution is -0.121. The van der Waals surface area contributed by atoms with Crippen molar-refractivity contribution in [3.63, 3.8) is 0 Å². The molecule has 0 atom stereocenters. The molecule has 0 radical (unpaired) electrons. The average molecular weight is 484 g/mol. The molecule has 1 saturated heterocycles. The number of benzene rings is 3. The highest BCUT2D eigenvalue weighted by atomic mass is 32.2. The van der Waals surface area contributed by atoms with Gasteiger partial charge in [0.1, 0.15) is 22.4 Å². The Hall–Kier alpha value is -3.68. The second kappa shape index (κ2) is 9.67. The van der Waals surface area contributed by atoms with Crippen LogP contribution in [0.5, 0.6) is 5.75 Å². The molecule has 1 aromatic heterocycles. The summed E-state index contributed by atoms with van der Waals surface area (Å²) >= 11 is 6.60. The minimum absolute atomic E-state index is 0.103. The van der Waals surface area contributed by atoms with Gasteiger partial charge in [-0.05, 0) is 35.9 Å². The van der Waals surface area contributed by atoms with Crippen molar-refractivity contribution in [2.24, 2.45) is 0 Å². The number of carbonyl (C=O) groups excluding carboxylic acids is 1. The van der Waals surface area contributed by atoms with E-state index in [4.69, 9.17) is 22.1 Å². The Morgan fingerprint density at radius 3 is 2.44 bits per heavy atom. The predicted molar refractivity (Wildman–Crippen MR) is 141 cm³/mol. The molecular formula is C27H21N3O2S2. The fourth-order valence-electron chi connectivity index (χ4n) is 3.59. The number of rotatable bonds is 6. The summed E-state index contributed by atoms with van der Waals surface area (Å²) < 4.78 is 8.40. The van der Waals surface area contributed by atoms with Gasteiger partial charge in [-0.3, -0.25) is 9.69 Å². The molecule has 3 aromatic carbocycles. The van der Waals surface area contributed by atoms with Gasteiger partial charge < -0.3 is 4.74 Å². The van der Waals surface area contributed by atoms with Crippen LogP contribution in [0.25, 0.3) is 23.0 Å². The summed E-state index contributed by atoms with van der Waals surface area (Å²) in [5.74, 6) is 0.648. The Bertz CT molecular complexity index is 1380. The number of amides is 1. The van der Waals surface area contributed by atoms with Crippen LogP contribution in [-0.2, 0) is 11.4 Å². The summed E-state index contributed by atoms with van der Waals surface area (Å²) in [6.07, 6.45) is 3.80. The Balaban J connectivity index is 1.52. The fourth-order valence-corrected chi connectivity index (χ4v) is 4.76. The maximum atomic E-state index is 12.6. The zero-order chi connectivity index (χ0) is 23.5. The van der Waals surface area contributed by atoms with E-state index in [9.17, 15) is 4.79 Å². The third kappa shape index (κ3) is 4.66. The molecule has 2 heterocycles. The van der Waals surface area contributed by atoms with Crippen LogP contribution in [0.2, 0.25) is 0 Å². The Morgan fingerprint density at radius 1 is 1.00 bits per heavy atom. The lowest BCUT2D eigenvalue weighted by atomic mass is 10.1. The Morgan fingerprint density at radius 2 is 1.74 bits per heavy atom. The number of hydrogen-bond donors (Lipinski definition) is 0. The van der Waals surface area contributed by atoms with Gasteiger partial charge in [-0.15, -0.1) is 0 Å². The molecule has 7 heteroatoms. The normalized spacial score (nSPS) is 14.7. The van der Waals surface area contributed by atoms with Crippen molar-refractivity contribution in [3.8, 4) is 22.7 Å². The molecule has 0 bridgehead atoms. The maximum Gasteiger partial charge on any atom is 0.265 e. The van der Waals surface area contributed by atoms with Crippen LogP contribution >= 0.6 is 24.0 Å². The Kier molecular flexibility index (Phi) is 6.29. The van der Waals surface area contributed by atoms with Crippen molar-refractivity contribution < 1.29 is 9.53 Å². The van der Waals surface area contributed by atoms with Crippen LogP contribution in [-0.4, -0.2) is 32.0 Å². The van der Waals surface area contributed by atoms with E-state index in [0.717, 1.165) is 33.8 Å². The molecule has 1 fully saturated rings. The summed E-state index contributed by atoms with van der Waals surface area (Å²) in [5, 5.41) is 4.86. The van der Waals surface area contributed by atoms with Gasteiger partial charge in [0.2, 0.25) is 0 Å². The molecule has 4 aromatic rings. The first-order valence-electron chi connectivity index (χ1n) is 10.7. The first-order chi connectivity index (χ1) is 16.6. The van der Waals surface area contributed by atoms with Gasteiger partial charge in [0, 0.05) is 24.4 Å². The number of likely N-dealkylation sites (N-methyl/N-ethyl adjacent to an activating group) is 1. The van der Waals surface area contributed by atoms with E-state index in [2.05, 4.69) is 0 Å². The molecule has 0 saturated carbocycles. The molecule has 34 heavy (non-hydrogen) atoms. The van der Waals surface area contributed by atoms with Crippen molar-refractivity contribution in [1.82, 2.24) is 14.7 Å². The molecule has 0 aliphatic carbocycles. The quantitative estimate of drug-likeness (QED) is 0.251. The monoisotopic (exact) mass is 483 g/mol. The molecule has 0 N–H and O–H groups in total. The highest BCUT2D eigenvalue weighted by Crippen LogP contribution is 2.34. The van der Waals surface area contributed by atoms with Gasteiger partial charge in [0.15, 0.2) is 0 Å². The lowest BCUT2D eigenvalue weighted by Crippen LogP contribution is -2.22. The molecule has 0 unspecified atom stereocenters. The standard InChI is InChI=1S/C27H21N3O2S2/c1-29-26(31)24(34-27(29)33)16-21-17-30(22-12-6-3-7-13-22)28-25(21)20-11-8-14-23(15-20)32-18-19-9-4-2-5-10-19/h2-17H,18H2,1H3. The van der Waals surface area contributed by atoms with E-state index in [1.807, 2.05) is 102 Å². The summed E-state index contributed by atoms with van der Waals surface area (Å²) in [7, 11) is 1.69. The summed E-state index contributed by atoms with van der Waals surface area (Å²) in [5.41, 5.74) is 4.53. The summed E-state index contributed by atoms with van der Waals surface area (Å²) in [6, 6.07) is 27.8. The number of hydrogen-bond acceptors (Lipinski definition) is 5. The highest BCUT2D eigenvalue weighted by molar-refractivity contribution is 8.26. The van der Waals surface area contributed by atoms with Gasteiger partial charge in [0.05, 0.1) is 10.6 Å². The second-order valence-corrected chi connectivity index (χ2v) is 9.43. The van der Waals surface area contributed by atoms with E-state index in [-0.39, 0.29) is 5.91 Å². The van der Waals surface area contributed by atoms with Crippen LogP contribution < -0.4 is 4.74 Å². The van der Waals surface area contributed by atoms with Crippen LogP contribution in [0.3, 0.4) is 0 Å². The van der Waals surface area contributed by atoms with E-state index in [0.29, 0.717) is 15.8 Å².